The Hall–Kier alpha value is -2.52. The molecule has 0 bridgehead atoms. The van der Waals surface area contributed by atoms with Crippen LogP contribution in [-0.2, 0) is 14.8 Å². The van der Waals surface area contributed by atoms with Gasteiger partial charge in [-0.25, -0.2) is 17.2 Å². The Morgan fingerprint density at radius 1 is 1.00 bits per heavy atom. The predicted octanol–water partition coefficient (Wildman–Crippen LogP) is 2.49. The minimum Gasteiger partial charge on any atom is -0.483 e. The first-order chi connectivity index (χ1) is 13.7. The van der Waals surface area contributed by atoms with Crippen molar-refractivity contribution in [2.45, 2.75) is 18.7 Å². The van der Waals surface area contributed by atoms with Gasteiger partial charge in [0.05, 0.1) is 4.90 Å². The number of halogens is 2. The number of carbonyl (C=O) groups is 1. The molecule has 1 heterocycles. The van der Waals surface area contributed by atoms with Gasteiger partial charge in [0, 0.05) is 26.2 Å². The monoisotopic (exact) mass is 424 g/mol. The summed E-state index contributed by atoms with van der Waals surface area (Å²) in [6.45, 7) is 4.20. The lowest BCUT2D eigenvalue weighted by Gasteiger charge is -2.34. The van der Waals surface area contributed by atoms with Crippen LogP contribution in [-0.4, -0.2) is 56.3 Å². The van der Waals surface area contributed by atoms with E-state index in [1.165, 1.54) is 4.90 Å². The highest BCUT2D eigenvalue weighted by Gasteiger charge is 2.30. The standard InChI is InChI=1S/C20H22F2N2O4S/c1-14-3-4-15(2)19(11-14)28-13-20(25)23-7-9-24(10-8-23)29(26,27)16-5-6-17(21)18(22)12-16/h3-6,11-12H,7-10,13H2,1-2H3. The summed E-state index contributed by atoms with van der Waals surface area (Å²) < 4.78 is 58.5. The van der Waals surface area contributed by atoms with E-state index >= 15 is 0 Å². The highest BCUT2D eigenvalue weighted by molar-refractivity contribution is 7.89. The van der Waals surface area contributed by atoms with E-state index in [-0.39, 0.29) is 43.6 Å². The third-order valence-electron chi connectivity index (χ3n) is 4.81. The minimum atomic E-state index is -3.96. The van der Waals surface area contributed by atoms with Crippen molar-refractivity contribution in [3.8, 4) is 5.75 Å². The molecule has 1 aliphatic heterocycles. The highest BCUT2D eigenvalue weighted by atomic mass is 32.2. The van der Waals surface area contributed by atoms with Gasteiger partial charge in [-0.3, -0.25) is 4.79 Å². The molecule has 29 heavy (non-hydrogen) atoms. The fourth-order valence-corrected chi connectivity index (χ4v) is 4.49. The van der Waals surface area contributed by atoms with E-state index in [1.807, 2.05) is 32.0 Å². The predicted molar refractivity (Wildman–Crippen MR) is 103 cm³/mol. The van der Waals surface area contributed by atoms with E-state index in [9.17, 15) is 22.0 Å². The van der Waals surface area contributed by atoms with Gasteiger partial charge in [0.25, 0.3) is 5.91 Å². The van der Waals surface area contributed by atoms with Gasteiger partial charge in [-0.1, -0.05) is 12.1 Å². The average Bonchev–Trinajstić information content (AvgIpc) is 2.70. The summed E-state index contributed by atoms with van der Waals surface area (Å²) in [7, 11) is -3.96. The zero-order valence-corrected chi connectivity index (χ0v) is 17.0. The molecule has 0 unspecified atom stereocenters. The van der Waals surface area contributed by atoms with E-state index in [4.69, 9.17) is 4.74 Å². The maximum atomic E-state index is 13.4. The Kier molecular flexibility index (Phi) is 6.18. The number of carbonyl (C=O) groups excluding carboxylic acids is 1. The second-order valence-electron chi connectivity index (χ2n) is 6.92. The number of amides is 1. The molecule has 0 atom stereocenters. The van der Waals surface area contributed by atoms with Crippen LogP contribution in [0.25, 0.3) is 0 Å². The maximum Gasteiger partial charge on any atom is 0.260 e. The van der Waals surface area contributed by atoms with Crippen LogP contribution in [0.3, 0.4) is 0 Å². The summed E-state index contributed by atoms with van der Waals surface area (Å²) in [5, 5.41) is 0. The van der Waals surface area contributed by atoms with Crippen LogP contribution in [0.15, 0.2) is 41.3 Å². The SMILES string of the molecule is Cc1ccc(C)c(OCC(=O)N2CCN(S(=O)(=O)c3ccc(F)c(F)c3)CC2)c1. The number of benzene rings is 2. The third kappa shape index (κ3) is 4.73. The summed E-state index contributed by atoms with van der Waals surface area (Å²) in [6, 6.07) is 8.21. The van der Waals surface area contributed by atoms with Gasteiger partial charge in [0.1, 0.15) is 5.75 Å². The first kappa shape index (κ1) is 21.2. The van der Waals surface area contributed by atoms with Gasteiger partial charge in [-0.05, 0) is 49.2 Å². The number of piperazine rings is 1. The Morgan fingerprint density at radius 2 is 1.69 bits per heavy atom. The highest BCUT2D eigenvalue weighted by Crippen LogP contribution is 2.21. The van der Waals surface area contributed by atoms with E-state index in [1.54, 1.807) is 0 Å². The summed E-state index contributed by atoms with van der Waals surface area (Å²) >= 11 is 0. The third-order valence-corrected chi connectivity index (χ3v) is 6.71. The van der Waals surface area contributed by atoms with Crippen molar-refractivity contribution in [3.63, 3.8) is 0 Å². The molecule has 0 N–H and O–H groups in total. The summed E-state index contributed by atoms with van der Waals surface area (Å²) in [5.74, 6) is -1.93. The second kappa shape index (κ2) is 8.46. The van der Waals surface area contributed by atoms with Crippen molar-refractivity contribution in [2.75, 3.05) is 32.8 Å². The lowest BCUT2D eigenvalue weighted by atomic mass is 10.1. The number of hydrogen-bond acceptors (Lipinski definition) is 4. The molecule has 0 aliphatic carbocycles. The van der Waals surface area contributed by atoms with Crippen LogP contribution in [0.1, 0.15) is 11.1 Å². The number of rotatable bonds is 5. The Labute approximate surface area is 168 Å². The molecule has 156 valence electrons. The molecule has 0 saturated carbocycles. The molecule has 1 aliphatic rings. The molecule has 2 aromatic carbocycles. The van der Waals surface area contributed by atoms with Crippen molar-refractivity contribution >= 4 is 15.9 Å². The van der Waals surface area contributed by atoms with Gasteiger partial charge >= 0.3 is 0 Å². The number of hydrogen-bond donors (Lipinski definition) is 0. The lowest BCUT2D eigenvalue weighted by Crippen LogP contribution is -2.51. The fraction of sp³-hybridized carbons (Fsp3) is 0.350. The van der Waals surface area contributed by atoms with Crippen molar-refractivity contribution in [3.05, 3.63) is 59.2 Å². The van der Waals surface area contributed by atoms with Crippen molar-refractivity contribution in [1.82, 2.24) is 9.21 Å². The Balaban J connectivity index is 1.58. The smallest absolute Gasteiger partial charge is 0.260 e. The Bertz CT molecular complexity index is 1020. The van der Waals surface area contributed by atoms with E-state index in [0.717, 1.165) is 27.6 Å². The van der Waals surface area contributed by atoms with E-state index in [2.05, 4.69) is 0 Å². The molecule has 2 aromatic rings. The Morgan fingerprint density at radius 3 is 2.34 bits per heavy atom. The summed E-state index contributed by atoms with van der Waals surface area (Å²) in [4.78, 5) is 13.6. The number of nitrogens with zero attached hydrogens (tertiary/aromatic N) is 2. The molecular weight excluding hydrogens is 402 g/mol. The van der Waals surface area contributed by atoms with Crippen molar-refractivity contribution in [2.24, 2.45) is 0 Å². The van der Waals surface area contributed by atoms with Crippen LogP contribution in [0.4, 0.5) is 8.78 Å². The number of sulfonamides is 1. The molecule has 3 rings (SSSR count). The van der Waals surface area contributed by atoms with E-state index < -0.39 is 21.7 Å². The number of ether oxygens (including phenoxy) is 1. The van der Waals surface area contributed by atoms with Crippen LogP contribution in [0.5, 0.6) is 5.75 Å². The topological polar surface area (TPSA) is 66.9 Å². The van der Waals surface area contributed by atoms with Gasteiger partial charge in [0.15, 0.2) is 18.2 Å². The molecule has 1 amide bonds. The summed E-state index contributed by atoms with van der Waals surface area (Å²) in [5.41, 5.74) is 1.94. The molecule has 1 saturated heterocycles. The van der Waals surface area contributed by atoms with Gasteiger partial charge < -0.3 is 9.64 Å². The zero-order valence-electron chi connectivity index (χ0n) is 16.2. The van der Waals surface area contributed by atoms with Crippen LogP contribution >= 0.6 is 0 Å². The molecule has 0 spiro atoms. The molecule has 1 fully saturated rings. The van der Waals surface area contributed by atoms with Crippen molar-refractivity contribution < 1.29 is 26.7 Å². The van der Waals surface area contributed by atoms with Crippen LogP contribution < -0.4 is 4.74 Å². The average molecular weight is 424 g/mol. The lowest BCUT2D eigenvalue weighted by molar-refractivity contribution is -0.134. The van der Waals surface area contributed by atoms with E-state index in [0.29, 0.717) is 11.8 Å². The summed E-state index contributed by atoms with van der Waals surface area (Å²) in [6.07, 6.45) is 0. The second-order valence-corrected chi connectivity index (χ2v) is 8.86. The normalized spacial score (nSPS) is 15.4. The zero-order chi connectivity index (χ0) is 21.2. The maximum absolute atomic E-state index is 13.4. The van der Waals surface area contributed by atoms with Gasteiger partial charge in [0.2, 0.25) is 10.0 Å². The van der Waals surface area contributed by atoms with Crippen molar-refractivity contribution in [1.29, 1.82) is 0 Å². The molecule has 0 radical (unpaired) electrons. The van der Waals surface area contributed by atoms with Crippen LogP contribution in [0, 0.1) is 25.5 Å². The first-order valence-corrected chi connectivity index (χ1v) is 10.6. The minimum absolute atomic E-state index is 0.0660. The largest absolute Gasteiger partial charge is 0.483 e. The molecule has 0 aromatic heterocycles. The fourth-order valence-electron chi connectivity index (χ4n) is 3.06. The van der Waals surface area contributed by atoms with Gasteiger partial charge in [-0.2, -0.15) is 4.31 Å². The number of aryl methyl sites for hydroxylation is 2. The van der Waals surface area contributed by atoms with Gasteiger partial charge in [-0.15, -0.1) is 0 Å². The molecule has 6 nitrogen and oxygen atoms in total. The first-order valence-electron chi connectivity index (χ1n) is 9.11. The molecular formula is C20H22F2N2O4S. The van der Waals surface area contributed by atoms with Crippen LogP contribution in [0.2, 0.25) is 0 Å². The molecule has 9 heteroatoms. The quantitative estimate of drug-likeness (QED) is 0.740.